The van der Waals surface area contributed by atoms with Crippen LogP contribution in [-0.2, 0) is 0 Å². The Kier molecular flexibility index (Phi) is 6.06. The summed E-state index contributed by atoms with van der Waals surface area (Å²) >= 11 is 0. The second-order valence-corrected chi connectivity index (χ2v) is 9.27. The van der Waals surface area contributed by atoms with Crippen molar-refractivity contribution in [3.8, 4) is 0 Å². The molecule has 1 aromatic heterocycles. The molecule has 1 saturated carbocycles. The first kappa shape index (κ1) is 20.9. The van der Waals surface area contributed by atoms with Crippen molar-refractivity contribution in [2.24, 2.45) is 5.10 Å². The highest BCUT2D eigenvalue weighted by Gasteiger charge is 2.22. The Balaban J connectivity index is 1.51. The molecule has 2 aromatic carbocycles. The Bertz CT molecular complexity index is 1180. The lowest BCUT2D eigenvalue weighted by molar-refractivity contribution is 0.416. The molecule has 2 fully saturated rings. The average molecular weight is 429 g/mol. The largest absolute Gasteiger partial charge is 0.372 e. The number of fused-ring (bicyclic) bond motifs is 1. The fourth-order valence-electron chi connectivity index (χ4n) is 5.15. The van der Waals surface area contributed by atoms with Crippen molar-refractivity contribution in [2.45, 2.75) is 64.2 Å². The molecular weight excluding hydrogens is 396 g/mol. The molecule has 0 amide bonds. The van der Waals surface area contributed by atoms with Gasteiger partial charge in [0, 0.05) is 24.7 Å². The van der Waals surface area contributed by atoms with Crippen LogP contribution in [0, 0.1) is 6.92 Å². The van der Waals surface area contributed by atoms with Crippen LogP contribution in [0.25, 0.3) is 10.9 Å². The molecule has 1 aliphatic heterocycles. The van der Waals surface area contributed by atoms with E-state index >= 15 is 0 Å². The van der Waals surface area contributed by atoms with Gasteiger partial charge in [0.25, 0.3) is 5.56 Å². The molecule has 1 saturated heterocycles. The van der Waals surface area contributed by atoms with Crippen molar-refractivity contribution in [3.63, 3.8) is 0 Å². The summed E-state index contributed by atoms with van der Waals surface area (Å²) in [5.74, 6) is 1.10. The van der Waals surface area contributed by atoms with Gasteiger partial charge in [-0.15, -0.1) is 0 Å². The smallest absolute Gasteiger partial charge is 0.282 e. The van der Waals surface area contributed by atoms with Crippen LogP contribution in [0.2, 0.25) is 0 Å². The molecule has 0 radical (unpaired) electrons. The SMILES string of the molecule is Cc1cc(N2CCCCC2)ccc1C=Nn1c(C2CCCCC2)nc2ccccc2c1=O. The molecular formula is C27H32N4O. The van der Waals surface area contributed by atoms with Gasteiger partial charge in [-0.1, -0.05) is 37.5 Å². The van der Waals surface area contributed by atoms with Crippen molar-refractivity contribution < 1.29 is 0 Å². The normalized spacial score (nSPS) is 18.0. The predicted molar refractivity (Wildman–Crippen MR) is 132 cm³/mol. The van der Waals surface area contributed by atoms with Gasteiger partial charge in [-0.3, -0.25) is 4.79 Å². The molecule has 0 N–H and O–H groups in total. The minimum absolute atomic E-state index is 0.0741. The lowest BCUT2D eigenvalue weighted by atomic mass is 9.88. The summed E-state index contributed by atoms with van der Waals surface area (Å²) in [5.41, 5.74) is 4.20. The van der Waals surface area contributed by atoms with Crippen molar-refractivity contribution in [1.29, 1.82) is 0 Å². The van der Waals surface area contributed by atoms with E-state index in [9.17, 15) is 4.79 Å². The predicted octanol–water partition coefficient (Wildman–Crippen LogP) is 5.63. The molecule has 5 rings (SSSR count). The third-order valence-electron chi connectivity index (χ3n) is 7.04. The highest BCUT2D eigenvalue weighted by atomic mass is 16.1. The molecule has 1 aliphatic carbocycles. The first-order valence-electron chi connectivity index (χ1n) is 12.1. The van der Waals surface area contributed by atoms with E-state index in [4.69, 9.17) is 10.1 Å². The highest BCUT2D eigenvalue weighted by molar-refractivity contribution is 5.83. The number of aryl methyl sites for hydroxylation is 1. The molecule has 3 aromatic rings. The number of aromatic nitrogens is 2. The molecule has 5 heteroatoms. The molecule has 32 heavy (non-hydrogen) atoms. The second kappa shape index (κ2) is 9.27. The molecule has 0 unspecified atom stereocenters. The van der Waals surface area contributed by atoms with Crippen LogP contribution in [0.1, 0.15) is 74.2 Å². The van der Waals surface area contributed by atoms with E-state index in [1.165, 1.54) is 49.8 Å². The molecule has 5 nitrogen and oxygen atoms in total. The van der Waals surface area contributed by atoms with Gasteiger partial charge in [0.15, 0.2) is 0 Å². The molecule has 0 bridgehead atoms. The molecule has 0 spiro atoms. The van der Waals surface area contributed by atoms with Crippen LogP contribution in [0.4, 0.5) is 5.69 Å². The van der Waals surface area contributed by atoms with Crippen LogP contribution in [0.3, 0.4) is 0 Å². The first-order valence-corrected chi connectivity index (χ1v) is 12.1. The fourth-order valence-corrected chi connectivity index (χ4v) is 5.15. The van der Waals surface area contributed by atoms with Crippen LogP contribution in [0.15, 0.2) is 52.4 Å². The number of anilines is 1. The quantitative estimate of drug-likeness (QED) is 0.507. The Morgan fingerprint density at radius 2 is 1.72 bits per heavy atom. The highest BCUT2D eigenvalue weighted by Crippen LogP contribution is 2.31. The number of nitrogens with zero attached hydrogens (tertiary/aromatic N) is 4. The van der Waals surface area contributed by atoms with Gasteiger partial charge < -0.3 is 4.90 Å². The van der Waals surface area contributed by atoms with E-state index in [2.05, 4.69) is 30.0 Å². The van der Waals surface area contributed by atoms with Gasteiger partial charge in [0.1, 0.15) is 5.82 Å². The number of hydrogen-bond acceptors (Lipinski definition) is 4. The summed E-state index contributed by atoms with van der Waals surface area (Å²) < 4.78 is 1.57. The summed E-state index contributed by atoms with van der Waals surface area (Å²) in [5, 5.41) is 5.33. The van der Waals surface area contributed by atoms with Crippen LogP contribution in [0.5, 0.6) is 0 Å². The molecule has 2 aliphatic rings. The number of benzene rings is 2. The van der Waals surface area contributed by atoms with E-state index in [0.717, 1.165) is 42.8 Å². The maximum atomic E-state index is 13.4. The van der Waals surface area contributed by atoms with E-state index in [1.807, 2.05) is 30.5 Å². The first-order chi connectivity index (χ1) is 15.7. The summed E-state index contributed by atoms with van der Waals surface area (Å²) in [6, 6.07) is 14.2. The monoisotopic (exact) mass is 428 g/mol. The average Bonchev–Trinajstić information content (AvgIpc) is 2.85. The lowest BCUT2D eigenvalue weighted by Gasteiger charge is -2.29. The fraction of sp³-hybridized carbons (Fsp3) is 0.444. The third-order valence-corrected chi connectivity index (χ3v) is 7.04. The van der Waals surface area contributed by atoms with Gasteiger partial charge in [-0.05, 0) is 74.4 Å². The van der Waals surface area contributed by atoms with E-state index in [1.54, 1.807) is 4.68 Å². The van der Waals surface area contributed by atoms with Crippen LogP contribution < -0.4 is 10.5 Å². The topological polar surface area (TPSA) is 50.5 Å². The van der Waals surface area contributed by atoms with Crippen molar-refractivity contribution in [3.05, 3.63) is 69.8 Å². The van der Waals surface area contributed by atoms with Gasteiger partial charge in [-0.25, -0.2) is 4.98 Å². The van der Waals surface area contributed by atoms with Crippen molar-refractivity contribution in [1.82, 2.24) is 9.66 Å². The standard InChI is InChI=1S/C27H32N4O/c1-20-18-23(30-16-8-3-9-17-30)15-14-22(20)19-28-31-26(21-10-4-2-5-11-21)29-25-13-7-6-12-24(25)27(31)32/h6-7,12-15,18-19,21H,2-5,8-11,16-17H2,1H3. The van der Waals surface area contributed by atoms with Crippen molar-refractivity contribution in [2.75, 3.05) is 18.0 Å². The summed E-state index contributed by atoms with van der Waals surface area (Å²) in [4.78, 5) is 20.7. The zero-order chi connectivity index (χ0) is 21.9. The zero-order valence-corrected chi connectivity index (χ0v) is 19.0. The van der Waals surface area contributed by atoms with Gasteiger partial charge in [-0.2, -0.15) is 9.78 Å². The summed E-state index contributed by atoms with van der Waals surface area (Å²) in [6.45, 7) is 4.39. The second-order valence-electron chi connectivity index (χ2n) is 9.27. The Hall–Kier alpha value is -2.95. The number of piperidine rings is 1. The van der Waals surface area contributed by atoms with Gasteiger partial charge >= 0.3 is 0 Å². The molecule has 0 atom stereocenters. The molecule has 2 heterocycles. The zero-order valence-electron chi connectivity index (χ0n) is 19.0. The number of hydrogen-bond donors (Lipinski definition) is 0. The number of rotatable bonds is 4. The maximum absolute atomic E-state index is 13.4. The Morgan fingerprint density at radius 1 is 0.969 bits per heavy atom. The van der Waals surface area contributed by atoms with Crippen LogP contribution >= 0.6 is 0 Å². The van der Waals surface area contributed by atoms with Gasteiger partial charge in [0.05, 0.1) is 17.1 Å². The lowest BCUT2D eigenvalue weighted by Crippen LogP contribution is -2.29. The van der Waals surface area contributed by atoms with Gasteiger partial charge in [0.2, 0.25) is 0 Å². The van der Waals surface area contributed by atoms with Crippen molar-refractivity contribution >= 4 is 22.8 Å². The Morgan fingerprint density at radius 3 is 2.50 bits per heavy atom. The minimum atomic E-state index is -0.0741. The summed E-state index contributed by atoms with van der Waals surface area (Å²) in [6.07, 6.45) is 11.5. The number of para-hydroxylation sites is 1. The Labute approximate surface area is 189 Å². The third kappa shape index (κ3) is 4.21. The molecule has 166 valence electrons. The minimum Gasteiger partial charge on any atom is -0.372 e. The summed E-state index contributed by atoms with van der Waals surface area (Å²) in [7, 11) is 0. The van der Waals surface area contributed by atoms with E-state index in [-0.39, 0.29) is 5.56 Å². The van der Waals surface area contributed by atoms with E-state index in [0.29, 0.717) is 11.3 Å². The van der Waals surface area contributed by atoms with E-state index < -0.39 is 0 Å². The van der Waals surface area contributed by atoms with Crippen LogP contribution in [-0.4, -0.2) is 29.0 Å². The maximum Gasteiger partial charge on any atom is 0.282 e.